The van der Waals surface area contributed by atoms with Crippen molar-refractivity contribution in [1.29, 1.82) is 0 Å². The highest BCUT2D eigenvalue weighted by atomic mass is 35.5. The van der Waals surface area contributed by atoms with Crippen molar-refractivity contribution in [2.24, 2.45) is 11.8 Å². The molecule has 0 saturated carbocycles. The molecule has 0 bridgehead atoms. The summed E-state index contributed by atoms with van der Waals surface area (Å²) in [5.41, 5.74) is 0. The maximum absolute atomic E-state index is 13.1. The molecule has 2 rings (SSSR count). The van der Waals surface area contributed by atoms with Crippen molar-refractivity contribution >= 4 is 18.3 Å². The highest BCUT2D eigenvalue weighted by Crippen LogP contribution is 2.28. The Bertz CT molecular complexity index is 326. The number of carbonyl (C=O) groups excluding carboxylic acids is 1. The molecule has 2 aliphatic heterocycles. The maximum Gasteiger partial charge on any atom is 0.262 e. The van der Waals surface area contributed by atoms with E-state index in [9.17, 15) is 13.6 Å². The molecule has 2 saturated heterocycles. The molecular formula is C13H23ClF2N2O. The van der Waals surface area contributed by atoms with Crippen LogP contribution in [0.1, 0.15) is 33.1 Å². The summed E-state index contributed by atoms with van der Waals surface area (Å²) in [5.74, 6) is -1.70. The lowest BCUT2D eigenvalue weighted by Gasteiger charge is -2.21. The first kappa shape index (κ1) is 16.6. The summed E-state index contributed by atoms with van der Waals surface area (Å²) in [5, 5.41) is 2.64. The van der Waals surface area contributed by atoms with Crippen LogP contribution in [0.3, 0.4) is 0 Å². The molecule has 2 atom stereocenters. The largest absolute Gasteiger partial charge is 0.341 e. The van der Waals surface area contributed by atoms with E-state index in [1.807, 2.05) is 0 Å². The van der Waals surface area contributed by atoms with Gasteiger partial charge >= 0.3 is 0 Å². The monoisotopic (exact) mass is 296 g/mol. The first-order valence-corrected chi connectivity index (χ1v) is 6.77. The summed E-state index contributed by atoms with van der Waals surface area (Å²) >= 11 is 0. The average molecular weight is 297 g/mol. The van der Waals surface area contributed by atoms with Gasteiger partial charge in [0.1, 0.15) is 0 Å². The van der Waals surface area contributed by atoms with Crippen molar-refractivity contribution in [2.75, 3.05) is 19.6 Å². The Morgan fingerprint density at radius 1 is 1.47 bits per heavy atom. The Labute approximate surface area is 119 Å². The third-order valence-electron chi connectivity index (χ3n) is 3.81. The second kappa shape index (κ2) is 6.35. The van der Waals surface area contributed by atoms with Gasteiger partial charge in [0.25, 0.3) is 5.92 Å². The van der Waals surface area contributed by atoms with E-state index < -0.39 is 12.0 Å². The van der Waals surface area contributed by atoms with E-state index in [1.165, 1.54) is 0 Å². The molecular weight excluding hydrogens is 274 g/mol. The Morgan fingerprint density at radius 2 is 2.16 bits per heavy atom. The van der Waals surface area contributed by atoms with E-state index in [4.69, 9.17) is 0 Å². The van der Waals surface area contributed by atoms with Gasteiger partial charge in [0.15, 0.2) is 0 Å². The van der Waals surface area contributed by atoms with Gasteiger partial charge in [-0.1, -0.05) is 13.8 Å². The Kier molecular flexibility index (Phi) is 5.56. The minimum atomic E-state index is -2.72. The normalized spacial score (nSPS) is 29.6. The molecule has 2 heterocycles. The smallest absolute Gasteiger partial charge is 0.262 e. The maximum atomic E-state index is 13.1. The summed E-state index contributed by atoms with van der Waals surface area (Å²) in [6, 6.07) is -0.683. The number of rotatable bonds is 3. The van der Waals surface area contributed by atoms with E-state index in [0.717, 1.165) is 25.9 Å². The molecule has 1 amide bonds. The molecule has 1 N–H and O–H groups in total. The van der Waals surface area contributed by atoms with Gasteiger partial charge in [-0.3, -0.25) is 10.1 Å². The number of carbonyl (C=O) groups is 1. The lowest BCUT2D eigenvalue weighted by atomic mass is 9.97. The van der Waals surface area contributed by atoms with Crippen LogP contribution in [0, 0.1) is 11.8 Å². The summed E-state index contributed by atoms with van der Waals surface area (Å²) in [6.07, 6.45) is 1.77. The average Bonchev–Trinajstić information content (AvgIpc) is 2.83. The fourth-order valence-electron chi connectivity index (χ4n) is 3.00. The molecule has 0 spiro atoms. The molecule has 0 aliphatic carbocycles. The molecule has 0 aromatic carbocycles. The fourth-order valence-corrected chi connectivity index (χ4v) is 3.00. The van der Waals surface area contributed by atoms with Gasteiger partial charge in [0.05, 0.1) is 12.6 Å². The number of nitrogens with one attached hydrogen (secondary N) is 1. The molecule has 0 aromatic rings. The van der Waals surface area contributed by atoms with Crippen LogP contribution >= 0.6 is 12.4 Å². The van der Waals surface area contributed by atoms with Crippen LogP contribution < -0.4 is 5.32 Å². The van der Waals surface area contributed by atoms with Crippen LogP contribution in [0.5, 0.6) is 0 Å². The van der Waals surface area contributed by atoms with E-state index >= 15 is 0 Å². The predicted molar refractivity (Wildman–Crippen MR) is 72.7 cm³/mol. The standard InChI is InChI=1S/C13H22F2N2O.ClH/c1-9(2)5-10-3-4-17(7-10)12(18)11-6-13(14,15)8-16-11;/h9-11,16H,3-8H2,1-2H3;1H. The number of halogens is 3. The van der Waals surface area contributed by atoms with E-state index in [1.54, 1.807) is 4.90 Å². The molecule has 0 radical (unpaired) electrons. The zero-order chi connectivity index (χ0) is 13.3. The molecule has 3 nitrogen and oxygen atoms in total. The highest BCUT2D eigenvalue weighted by molar-refractivity contribution is 5.85. The van der Waals surface area contributed by atoms with E-state index in [2.05, 4.69) is 19.2 Å². The van der Waals surface area contributed by atoms with Gasteiger partial charge in [-0.25, -0.2) is 8.78 Å². The Balaban J connectivity index is 0.00000180. The number of alkyl halides is 2. The summed E-state index contributed by atoms with van der Waals surface area (Å²) in [6.45, 7) is 5.43. The third-order valence-corrected chi connectivity index (χ3v) is 3.81. The summed E-state index contributed by atoms with van der Waals surface area (Å²) < 4.78 is 26.1. The third kappa shape index (κ3) is 4.28. The number of nitrogens with zero attached hydrogens (tertiary/aromatic N) is 1. The Morgan fingerprint density at radius 3 is 2.68 bits per heavy atom. The van der Waals surface area contributed by atoms with Crippen LogP contribution in [-0.2, 0) is 4.79 Å². The quantitative estimate of drug-likeness (QED) is 0.867. The number of hydrogen-bond acceptors (Lipinski definition) is 2. The van der Waals surface area contributed by atoms with Gasteiger partial charge in [-0.05, 0) is 24.7 Å². The minimum Gasteiger partial charge on any atom is -0.341 e. The van der Waals surface area contributed by atoms with Crippen LogP contribution in [-0.4, -0.2) is 42.4 Å². The fraction of sp³-hybridized carbons (Fsp3) is 0.923. The minimum absolute atomic E-state index is 0. The predicted octanol–water partition coefficient (Wildman–Crippen LogP) is 2.30. The van der Waals surface area contributed by atoms with E-state index in [-0.39, 0.29) is 31.3 Å². The van der Waals surface area contributed by atoms with Crippen molar-refractivity contribution < 1.29 is 13.6 Å². The van der Waals surface area contributed by atoms with Gasteiger partial charge in [0, 0.05) is 19.5 Å². The number of amides is 1. The second-order valence-electron chi connectivity index (χ2n) is 6.06. The van der Waals surface area contributed by atoms with Crippen molar-refractivity contribution in [3.8, 4) is 0 Å². The molecule has 2 unspecified atom stereocenters. The van der Waals surface area contributed by atoms with Crippen LogP contribution in [0.15, 0.2) is 0 Å². The summed E-state index contributed by atoms with van der Waals surface area (Å²) in [7, 11) is 0. The second-order valence-corrected chi connectivity index (χ2v) is 6.06. The lowest BCUT2D eigenvalue weighted by Crippen LogP contribution is -2.42. The molecule has 19 heavy (non-hydrogen) atoms. The zero-order valence-corrected chi connectivity index (χ0v) is 12.3. The first-order chi connectivity index (χ1) is 8.37. The SMILES string of the molecule is CC(C)CC1CCN(C(=O)C2CC(F)(F)CN2)C1.Cl. The summed E-state index contributed by atoms with van der Waals surface area (Å²) in [4.78, 5) is 13.9. The van der Waals surface area contributed by atoms with Crippen molar-refractivity contribution in [1.82, 2.24) is 10.2 Å². The van der Waals surface area contributed by atoms with Crippen molar-refractivity contribution in [3.63, 3.8) is 0 Å². The highest BCUT2D eigenvalue weighted by Gasteiger charge is 2.44. The molecule has 2 aliphatic rings. The topological polar surface area (TPSA) is 32.3 Å². The zero-order valence-electron chi connectivity index (χ0n) is 11.5. The van der Waals surface area contributed by atoms with Crippen molar-refractivity contribution in [2.45, 2.75) is 45.1 Å². The van der Waals surface area contributed by atoms with E-state index in [0.29, 0.717) is 11.8 Å². The molecule has 112 valence electrons. The number of hydrogen-bond donors (Lipinski definition) is 1. The molecule has 6 heteroatoms. The van der Waals surface area contributed by atoms with Crippen LogP contribution in [0.4, 0.5) is 8.78 Å². The molecule has 0 aromatic heterocycles. The van der Waals surface area contributed by atoms with Gasteiger partial charge < -0.3 is 4.90 Å². The molecule has 2 fully saturated rings. The van der Waals surface area contributed by atoms with Gasteiger partial charge in [0.2, 0.25) is 5.91 Å². The number of likely N-dealkylation sites (tertiary alicyclic amines) is 1. The van der Waals surface area contributed by atoms with Crippen LogP contribution in [0.25, 0.3) is 0 Å². The van der Waals surface area contributed by atoms with Gasteiger partial charge in [-0.2, -0.15) is 0 Å². The van der Waals surface area contributed by atoms with Crippen LogP contribution in [0.2, 0.25) is 0 Å². The lowest BCUT2D eigenvalue weighted by molar-refractivity contribution is -0.132. The first-order valence-electron chi connectivity index (χ1n) is 6.77. The Hall–Kier alpha value is -0.420. The van der Waals surface area contributed by atoms with Gasteiger partial charge in [-0.15, -0.1) is 12.4 Å². The van der Waals surface area contributed by atoms with Crippen molar-refractivity contribution in [3.05, 3.63) is 0 Å².